The average Bonchev–Trinajstić information content (AvgIpc) is 2.21. The SMILES string of the molecule is C=C(C)C(=C)C1=CCCC=C1.CO. The van der Waals surface area contributed by atoms with Crippen LogP contribution in [0.15, 0.2) is 48.1 Å². The Labute approximate surface area is 80.8 Å². The van der Waals surface area contributed by atoms with E-state index in [2.05, 4.69) is 31.4 Å². The van der Waals surface area contributed by atoms with Crippen molar-refractivity contribution in [1.82, 2.24) is 0 Å². The summed E-state index contributed by atoms with van der Waals surface area (Å²) in [7, 11) is 1.00. The largest absolute Gasteiger partial charge is 0.400 e. The van der Waals surface area contributed by atoms with Gasteiger partial charge in [-0.2, -0.15) is 0 Å². The molecule has 0 unspecified atom stereocenters. The van der Waals surface area contributed by atoms with Gasteiger partial charge >= 0.3 is 0 Å². The predicted molar refractivity (Wildman–Crippen MR) is 58.6 cm³/mol. The number of aliphatic hydroxyl groups excluding tert-OH is 1. The molecule has 72 valence electrons. The van der Waals surface area contributed by atoms with Gasteiger partial charge in [-0.05, 0) is 30.9 Å². The Kier molecular flexibility index (Phi) is 5.90. The van der Waals surface area contributed by atoms with Crippen molar-refractivity contribution < 1.29 is 5.11 Å². The molecule has 13 heavy (non-hydrogen) atoms. The standard InChI is InChI=1S/C11H14.CH4O/c1-9(2)10(3)11-7-5-4-6-8-11;1-2/h5,7-8H,1,3-4,6H2,2H3;2H,1H3. The third-order valence-corrected chi connectivity index (χ3v) is 1.86. The molecule has 0 bridgehead atoms. The molecular formula is C12H18O. The smallest absolute Gasteiger partial charge is 0.0319 e. The normalized spacial score (nSPS) is 13.9. The first kappa shape index (κ1) is 11.9. The van der Waals surface area contributed by atoms with Crippen LogP contribution >= 0.6 is 0 Å². The first-order valence-corrected chi connectivity index (χ1v) is 4.38. The van der Waals surface area contributed by atoms with E-state index in [1.807, 2.05) is 6.92 Å². The Hall–Kier alpha value is -1.08. The van der Waals surface area contributed by atoms with Crippen molar-refractivity contribution in [2.24, 2.45) is 0 Å². The molecule has 0 spiro atoms. The molecular weight excluding hydrogens is 160 g/mol. The highest BCUT2D eigenvalue weighted by atomic mass is 16.2. The van der Waals surface area contributed by atoms with Crippen LogP contribution in [0.5, 0.6) is 0 Å². The van der Waals surface area contributed by atoms with E-state index in [9.17, 15) is 0 Å². The molecule has 1 heteroatoms. The summed E-state index contributed by atoms with van der Waals surface area (Å²) in [6.07, 6.45) is 8.83. The number of rotatable bonds is 2. The van der Waals surface area contributed by atoms with Gasteiger partial charge in [-0.15, -0.1) is 0 Å². The molecule has 1 N–H and O–H groups in total. The zero-order valence-electron chi connectivity index (χ0n) is 8.51. The lowest BCUT2D eigenvalue weighted by atomic mass is 9.97. The van der Waals surface area contributed by atoms with Crippen LogP contribution in [-0.2, 0) is 0 Å². The van der Waals surface area contributed by atoms with E-state index in [1.54, 1.807) is 0 Å². The van der Waals surface area contributed by atoms with Gasteiger partial charge < -0.3 is 5.11 Å². The van der Waals surface area contributed by atoms with Crippen molar-refractivity contribution in [3.63, 3.8) is 0 Å². The van der Waals surface area contributed by atoms with Gasteiger partial charge in [-0.1, -0.05) is 37.0 Å². The highest BCUT2D eigenvalue weighted by Crippen LogP contribution is 2.20. The monoisotopic (exact) mass is 178 g/mol. The van der Waals surface area contributed by atoms with Crippen molar-refractivity contribution in [3.05, 3.63) is 48.1 Å². The molecule has 0 fully saturated rings. The summed E-state index contributed by atoms with van der Waals surface area (Å²) < 4.78 is 0. The van der Waals surface area contributed by atoms with Crippen molar-refractivity contribution in [3.8, 4) is 0 Å². The first-order chi connectivity index (χ1) is 6.22. The van der Waals surface area contributed by atoms with E-state index < -0.39 is 0 Å². The van der Waals surface area contributed by atoms with Crippen LogP contribution in [0, 0.1) is 0 Å². The second kappa shape index (κ2) is 6.44. The van der Waals surface area contributed by atoms with E-state index >= 15 is 0 Å². The average molecular weight is 178 g/mol. The van der Waals surface area contributed by atoms with Crippen LogP contribution in [0.2, 0.25) is 0 Å². The van der Waals surface area contributed by atoms with Crippen molar-refractivity contribution >= 4 is 0 Å². The van der Waals surface area contributed by atoms with Crippen LogP contribution in [0.3, 0.4) is 0 Å². The lowest BCUT2D eigenvalue weighted by Crippen LogP contribution is -1.89. The van der Waals surface area contributed by atoms with Crippen LogP contribution < -0.4 is 0 Å². The van der Waals surface area contributed by atoms with Gasteiger partial charge in [0, 0.05) is 7.11 Å². The number of hydrogen-bond acceptors (Lipinski definition) is 1. The fourth-order valence-electron chi connectivity index (χ4n) is 1.08. The topological polar surface area (TPSA) is 20.2 Å². The van der Waals surface area contributed by atoms with E-state index in [4.69, 9.17) is 5.11 Å². The van der Waals surface area contributed by atoms with Crippen LogP contribution in [0.4, 0.5) is 0 Å². The molecule has 0 atom stereocenters. The van der Waals surface area contributed by atoms with E-state index in [0.717, 1.165) is 31.1 Å². The van der Waals surface area contributed by atoms with Gasteiger partial charge in [0.2, 0.25) is 0 Å². The van der Waals surface area contributed by atoms with Crippen LogP contribution in [0.25, 0.3) is 0 Å². The van der Waals surface area contributed by atoms with Gasteiger partial charge in [-0.25, -0.2) is 0 Å². The Bertz CT molecular complexity index is 244. The fraction of sp³-hybridized carbons (Fsp3) is 0.333. The summed E-state index contributed by atoms with van der Waals surface area (Å²) in [5.74, 6) is 0. The minimum atomic E-state index is 1.00. The number of allylic oxidation sites excluding steroid dienone is 6. The molecule has 1 rings (SSSR count). The predicted octanol–water partition coefficient (Wildman–Crippen LogP) is 3.00. The van der Waals surface area contributed by atoms with Crippen molar-refractivity contribution in [1.29, 1.82) is 0 Å². The third-order valence-electron chi connectivity index (χ3n) is 1.86. The minimum Gasteiger partial charge on any atom is -0.400 e. The first-order valence-electron chi connectivity index (χ1n) is 4.38. The molecule has 1 nitrogen and oxygen atoms in total. The second-order valence-electron chi connectivity index (χ2n) is 2.90. The maximum absolute atomic E-state index is 7.00. The summed E-state index contributed by atoms with van der Waals surface area (Å²) in [5, 5.41) is 7.00. The molecule has 0 aromatic rings. The summed E-state index contributed by atoms with van der Waals surface area (Å²) in [4.78, 5) is 0. The molecule has 1 aliphatic carbocycles. The molecule has 0 aromatic carbocycles. The fourth-order valence-corrected chi connectivity index (χ4v) is 1.08. The second-order valence-corrected chi connectivity index (χ2v) is 2.90. The van der Waals surface area contributed by atoms with Gasteiger partial charge in [0.1, 0.15) is 0 Å². The highest BCUT2D eigenvalue weighted by Gasteiger charge is 2.01. The Morgan fingerprint density at radius 3 is 2.31 bits per heavy atom. The highest BCUT2D eigenvalue weighted by molar-refractivity contribution is 5.49. The molecule has 1 aliphatic rings. The van der Waals surface area contributed by atoms with Gasteiger partial charge in [0.15, 0.2) is 0 Å². The Balaban J connectivity index is 0.000000671. The zero-order chi connectivity index (χ0) is 10.3. The molecule has 0 amide bonds. The van der Waals surface area contributed by atoms with E-state index in [0.29, 0.717) is 0 Å². The summed E-state index contributed by atoms with van der Waals surface area (Å²) >= 11 is 0. The summed E-state index contributed by atoms with van der Waals surface area (Å²) in [6, 6.07) is 0. The number of hydrogen-bond donors (Lipinski definition) is 1. The van der Waals surface area contributed by atoms with E-state index in [1.165, 1.54) is 5.57 Å². The Morgan fingerprint density at radius 1 is 1.31 bits per heavy atom. The molecule has 0 radical (unpaired) electrons. The minimum absolute atomic E-state index is 1.00. The lowest BCUT2D eigenvalue weighted by Gasteiger charge is -2.09. The van der Waals surface area contributed by atoms with Crippen molar-refractivity contribution in [2.75, 3.05) is 7.11 Å². The third kappa shape index (κ3) is 3.90. The molecule has 0 aromatic heterocycles. The van der Waals surface area contributed by atoms with Gasteiger partial charge in [0.25, 0.3) is 0 Å². The lowest BCUT2D eigenvalue weighted by molar-refractivity contribution is 0.399. The summed E-state index contributed by atoms with van der Waals surface area (Å²) in [5.41, 5.74) is 3.37. The molecule has 0 heterocycles. The van der Waals surface area contributed by atoms with Gasteiger partial charge in [-0.3, -0.25) is 0 Å². The Morgan fingerprint density at radius 2 is 1.92 bits per heavy atom. The van der Waals surface area contributed by atoms with Crippen LogP contribution in [-0.4, -0.2) is 12.2 Å². The summed E-state index contributed by atoms with van der Waals surface area (Å²) in [6.45, 7) is 9.81. The molecule has 0 aliphatic heterocycles. The number of aliphatic hydroxyl groups is 1. The van der Waals surface area contributed by atoms with Crippen molar-refractivity contribution in [2.45, 2.75) is 19.8 Å². The maximum Gasteiger partial charge on any atom is 0.0319 e. The van der Waals surface area contributed by atoms with E-state index in [-0.39, 0.29) is 0 Å². The van der Waals surface area contributed by atoms with Gasteiger partial charge in [0.05, 0.1) is 0 Å². The van der Waals surface area contributed by atoms with Crippen LogP contribution in [0.1, 0.15) is 19.8 Å². The quantitative estimate of drug-likeness (QED) is 0.644. The maximum atomic E-state index is 7.00. The zero-order valence-corrected chi connectivity index (χ0v) is 8.51. The molecule has 0 saturated carbocycles. The molecule has 0 saturated heterocycles.